The summed E-state index contributed by atoms with van der Waals surface area (Å²) in [6.07, 6.45) is 3.26. The molecule has 1 atom stereocenters. The van der Waals surface area contributed by atoms with Crippen LogP contribution in [0.3, 0.4) is 0 Å². The maximum absolute atomic E-state index is 13.6. The molecule has 196 valence electrons. The van der Waals surface area contributed by atoms with Crippen molar-refractivity contribution in [3.8, 4) is 5.69 Å². The number of fused-ring (bicyclic) bond motifs is 1. The highest BCUT2D eigenvalue weighted by molar-refractivity contribution is 7.89. The molecule has 1 saturated heterocycles. The van der Waals surface area contributed by atoms with Gasteiger partial charge in [-0.1, -0.05) is 13.8 Å². The zero-order valence-electron chi connectivity index (χ0n) is 21.9. The summed E-state index contributed by atoms with van der Waals surface area (Å²) in [5.74, 6) is 0.152. The largest absolute Gasteiger partial charge is 0.293 e. The van der Waals surface area contributed by atoms with Crippen molar-refractivity contribution in [3.05, 3.63) is 71.4 Å². The molecule has 5 rings (SSSR count). The van der Waals surface area contributed by atoms with E-state index in [9.17, 15) is 12.8 Å². The molecule has 4 aromatic rings. The first kappa shape index (κ1) is 25.6. The summed E-state index contributed by atoms with van der Waals surface area (Å²) in [7, 11) is -1.93. The zero-order valence-corrected chi connectivity index (χ0v) is 22.7. The normalized spacial score (nSPS) is 17.8. The van der Waals surface area contributed by atoms with Crippen molar-refractivity contribution in [3.63, 3.8) is 0 Å². The van der Waals surface area contributed by atoms with E-state index in [2.05, 4.69) is 48.0 Å². The lowest BCUT2D eigenvalue weighted by molar-refractivity contribution is 0.105. The van der Waals surface area contributed by atoms with Gasteiger partial charge in [0.15, 0.2) is 0 Å². The van der Waals surface area contributed by atoms with Crippen molar-refractivity contribution in [2.45, 2.75) is 38.6 Å². The van der Waals surface area contributed by atoms with Gasteiger partial charge >= 0.3 is 0 Å². The van der Waals surface area contributed by atoms with E-state index >= 15 is 0 Å². The maximum atomic E-state index is 13.6. The molecule has 2 aromatic carbocycles. The third kappa shape index (κ3) is 4.69. The first-order chi connectivity index (χ1) is 17.6. The number of aromatic nitrogens is 4. The van der Waals surface area contributed by atoms with Crippen LogP contribution in [0.1, 0.15) is 36.7 Å². The Morgan fingerprint density at radius 1 is 1.05 bits per heavy atom. The van der Waals surface area contributed by atoms with E-state index < -0.39 is 10.0 Å². The Kier molecular flexibility index (Phi) is 6.68. The number of piperazine rings is 1. The van der Waals surface area contributed by atoms with E-state index in [1.54, 1.807) is 39.8 Å². The van der Waals surface area contributed by atoms with Crippen molar-refractivity contribution in [1.82, 2.24) is 28.8 Å². The molecule has 3 heterocycles. The first-order valence-electron chi connectivity index (χ1n) is 12.5. The molecular formula is C27H33FN6O2S. The van der Waals surface area contributed by atoms with Crippen molar-refractivity contribution < 1.29 is 12.8 Å². The third-order valence-electron chi connectivity index (χ3n) is 7.25. The van der Waals surface area contributed by atoms with Crippen molar-refractivity contribution >= 4 is 20.9 Å². The highest BCUT2D eigenvalue weighted by Crippen LogP contribution is 2.34. The van der Waals surface area contributed by atoms with Gasteiger partial charge in [-0.2, -0.15) is 14.5 Å². The minimum absolute atomic E-state index is 0.0959. The average molecular weight is 525 g/mol. The average Bonchev–Trinajstić information content (AvgIpc) is 3.41. The summed E-state index contributed by atoms with van der Waals surface area (Å²) in [5.41, 5.74) is 4.50. The van der Waals surface area contributed by atoms with Gasteiger partial charge in [0.25, 0.3) is 0 Å². The molecule has 37 heavy (non-hydrogen) atoms. The Hall–Kier alpha value is -3.08. The number of halogens is 1. The van der Waals surface area contributed by atoms with Crippen LogP contribution in [0.25, 0.3) is 16.6 Å². The van der Waals surface area contributed by atoms with Crippen LogP contribution in [0, 0.1) is 25.6 Å². The molecular weight excluding hydrogens is 491 g/mol. The molecule has 0 bridgehead atoms. The minimum atomic E-state index is -3.68. The Bertz CT molecular complexity index is 1540. The van der Waals surface area contributed by atoms with E-state index in [0.717, 1.165) is 34.3 Å². The van der Waals surface area contributed by atoms with Crippen LogP contribution in [0.2, 0.25) is 0 Å². The van der Waals surface area contributed by atoms with E-state index in [-0.39, 0.29) is 16.8 Å². The van der Waals surface area contributed by atoms with Crippen LogP contribution in [0.5, 0.6) is 0 Å². The number of hydrogen-bond donors (Lipinski definition) is 0. The van der Waals surface area contributed by atoms with Gasteiger partial charge < -0.3 is 0 Å². The van der Waals surface area contributed by atoms with Gasteiger partial charge in [0.2, 0.25) is 10.0 Å². The standard InChI is InChI=1S/C27H33FN6O2S/c1-18(2)16-32-10-11-33(37(35,36)27-15-29-31(5)20(27)4)17-26(32)24-13-21-14-30-34(25(21)12-19(24)3)23-8-6-22(28)7-9-23/h6-9,12-15,18,26H,10-11,16-17H2,1-5H3/t26-/m0/s1. The van der Waals surface area contributed by atoms with E-state index in [1.807, 2.05) is 6.20 Å². The first-order valence-corrected chi connectivity index (χ1v) is 14.0. The van der Waals surface area contributed by atoms with Gasteiger partial charge in [-0.3, -0.25) is 9.58 Å². The Labute approximate surface area is 217 Å². The molecule has 0 saturated carbocycles. The smallest absolute Gasteiger partial charge is 0.246 e. The molecule has 2 aromatic heterocycles. The third-order valence-corrected chi connectivity index (χ3v) is 9.22. The quantitative estimate of drug-likeness (QED) is 0.378. The molecule has 0 aliphatic carbocycles. The van der Waals surface area contributed by atoms with Crippen LogP contribution in [-0.4, -0.2) is 63.4 Å². The predicted molar refractivity (Wildman–Crippen MR) is 142 cm³/mol. The molecule has 0 N–H and O–H groups in total. The van der Waals surface area contributed by atoms with Crippen molar-refractivity contribution in [2.75, 3.05) is 26.2 Å². The molecule has 0 amide bonds. The number of nitrogens with zero attached hydrogens (tertiary/aromatic N) is 6. The van der Waals surface area contributed by atoms with Gasteiger partial charge in [0.1, 0.15) is 10.7 Å². The van der Waals surface area contributed by atoms with Crippen molar-refractivity contribution in [1.29, 1.82) is 0 Å². The predicted octanol–water partition coefficient (Wildman–Crippen LogP) is 4.22. The second-order valence-corrected chi connectivity index (χ2v) is 12.2. The van der Waals surface area contributed by atoms with E-state index in [4.69, 9.17) is 0 Å². The van der Waals surface area contributed by atoms with Crippen LogP contribution in [-0.2, 0) is 17.1 Å². The highest BCUT2D eigenvalue weighted by Gasteiger charge is 2.37. The second kappa shape index (κ2) is 9.66. The lowest BCUT2D eigenvalue weighted by Gasteiger charge is -2.42. The van der Waals surface area contributed by atoms with Crippen molar-refractivity contribution in [2.24, 2.45) is 13.0 Å². The summed E-state index contributed by atoms with van der Waals surface area (Å²) < 4.78 is 45.7. The summed E-state index contributed by atoms with van der Waals surface area (Å²) in [6.45, 7) is 10.5. The Morgan fingerprint density at radius 2 is 1.78 bits per heavy atom. The fourth-order valence-electron chi connectivity index (χ4n) is 5.21. The van der Waals surface area contributed by atoms with E-state index in [0.29, 0.717) is 31.2 Å². The van der Waals surface area contributed by atoms with E-state index in [1.165, 1.54) is 18.3 Å². The van der Waals surface area contributed by atoms with Gasteiger partial charge in [0.05, 0.1) is 29.3 Å². The molecule has 1 aliphatic heterocycles. The molecule has 0 unspecified atom stereocenters. The van der Waals surface area contributed by atoms with Gasteiger partial charge in [-0.15, -0.1) is 0 Å². The molecule has 0 spiro atoms. The number of sulfonamides is 1. The zero-order chi connectivity index (χ0) is 26.5. The molecule has 8 nitrogen and oxygen atoms in total. The van der Waals surface area contributed by atoms with Crippen LogP contribution < -0.4 is 0 Å². The summed E-state index contributed by atoms with van der Waals surface area (Å²) >= 11 is 0. The van der Waals surface area contributed by atoms with Crippen LogP contribution >= 0.6 is 0 Å². The minimum Gasteiger partial charge on any atom is -0.293 e. The SMILES string of the molecule is Cc1cc2c(cnn2-c2ccc(F)cc2)cc1[C@@H]1CN(S(=O)(=O)c2cnn(C)c2C)CCN1CC(C)C. The molecule has 1 fully saturated rings. The molecule has 10 heteroatoms. The number of benzene rings is 2. The molecule has 1 aliphatic rings. The van der Waals surface area contributed by atoms with Gasteiger partial charge in [-0.25, -0.2) is 17.5 Å². The molecule has 0 radical (unpaired) electrons. The van der Waals surface area contributed by atoms with Gasteiger partial charge in [0, 0.05) is 44.7 Å². The highest BCUT2D eigenvalue weighted by atomic mass is 32.2. The number of aryl methyl sites for hydroxylation is 2. The topological polar surface area (TPSA) is 76.3 Å². The monoisotopic (exact) mass is 524 g/mol. The second-order valence-electron chi connectivity index (χ2n) is 10.3. The lowest BCUT2D eigenvalue weighted by atomic mass is 9.96. The summed E-state index contributed by atoms with van der Waals surface area (Å²) in [6, 6.07) is 10.4. The maximum Gasteiger partial charge on any atom is 0.246 e. The fraction of sp³-hybridized carbons (Fsp3) is 0.407. The summed E-state index contributed by atoms with van der Waals surface area (Å²) in [5, 5.41) is 9.68. The number of hydrogen-bond acceptors (Lipinski definition) is 5. The van der Waals surface area contributed by atoms with Crippen LogP contribution in [0.15, 0.2) is 53.7 Å². The fourth-order valence-corrected chi connectivity index (χ4v) is 6.83. The lowest BCUT2D eigenvalue weighted by Crippen LogP contribution is -2.51. The Balaban J connectivity index is 1.54. The Morgan fingerprint density at radius 3 is 2.43 bits per heavy atom. The van der Waals surface area contributed by atoms with Gasteiger partial charge in [-0.05, 0) is 67.3 Å². The van der Waals surface area contributed by atoms with Crippen LogP contribution in [0.4, 0.5) is 4.39 Å². The number of rotatable bonds is 6. The summed E-state index contributed by atoms with van der Waals surface area (Å²) in [4.78, 5) is 2.66.